The zero-order chi connectivity index (χ0) is 20.1. The van der Waals surface area contributed by atoms with Gasteiger partial charge in [0.1, 0.15) is 18.3 Å². The van der Waals surface area contributed by atoms with Gasteiger partial charge in [-0.2, -0.15) is 4.91 Å². The van der Waals surface area contributed by atoms with Crippen LogP contribution in [0.4, 0.5) is 15.8 Å². The first-order valence-electron chi connectivity index (χ1n) is 10.5. The van der Waals surface area contributed by atoms with Crippen molar-refractivity contribution in [3.05, 3.63) is 34.1 Å². The molecule has 1 saturated carbocycles. The number of fused-ring (bicyclic) bond motifs is 2. The molecular weight excluding hydrogens is 375 g/mol. The Morgan fingerprint density at radius 1 is 1.31 bits per heavy atom. The molecule has 0 bridgehead atoms. The molecule has 2 N–H and O–H groups in total. The first kappa shape index (κ1) is 18.8. The Hall–Kier alpha value is -2.19. The number of nitroso groups, excluding NO2 is 1. The number of rotatable bonds is 5. The van der Waals surface area contributed by atoms with Crippen LogP contribution in [-0.2, 0) is 0 Å². The van der Waals surface area contributed by atoms with E-state index in [9.17, 15) is 10.0 Å². The van der Waals surface area contributed by atoms with Gasteiger partial charge in [-0.1, -0.05) is 5.18 Å². The molecule has 0 radical (unpaired) electrons. The number of aliphatic hydroxyl groups excluding tert-OH is 1. The largest absolute Gasteiger partial charge is 0.492 e. The van der Waals surface area contributed by atoms with Crippen LogP contribution in [0.1, 0.15) is 37.4 Å². The molecule has 2 saturated heterocycles. The third kappa shape index (κ3) is 3.09. The fourth-order valence-electron chi connectivity index (χ4n) is 5.17. The summed E-state index contributed by atoms with van der Waals surface area (Å²) in [5.41, 5.74) is 2.14. The molecule has 7 nitrogen and oxygen atoms in total. The molecule has 4 aliphatic rings. The Balaban J connectivity index is 1.60. The minimum Gasteiger partial charge on any atom is -0.492 e. The number of benzene rings is 1. The van der Waals surface area contributed by atoms with Crippen LogP contribution in [0.5, 0.6) is 5.75 Å². The summed E-state index contributed by atoms with van der Waals surface area (Å²) < 4.78 is 21.2. The maximum absolute atomic E-state index is 15.4. The number of anilines is 2. The topological polar surface area (TPSA) is 77.4 Å². The van der Waals surface area contributed by atoms with Crippen molar-refractivity contribution < 1.29 is 14.2 Å². The molecule has 1 aromatic rings. The van der Waals surface area contributed by atoms with Crippen LogP contribution in [0.25, 0.3) is 0 Å². The second kappa shape index (κ2) is 7.25. The van der Waals surface area contributed by atoms with E-state index in [1.54, 1.807) is 7.11 Å². The summed E-state index contributed by atoms with van der Waals surface area (Å²) >= 11 is 0. The highest BCUT2D eigenvalue weighted by Gasteiger charge is 2.41. The van der Waals surface area contributed by atoms with E-state index in [2.05, 4.69) is 15.4 Å². The number of aliphatic hydroxyl groups is 1. The Bertz CT molecular complexity index is 843. The lowest BCUT2D eigenvalue weighted by Crippen LogP contribution is -2.40. The number of hydrogen-bond donors (Lipinski definition) is 2. The highest BCUT2D eigenvalue weighted by atomic mass is 19.1. The van der Waals surface area contributed by atoms with Gasteiger partial charge in [-0.25, -0.2) is 4.39 Å². The van der Waals surface area contributed by atoms with Crippen LogP contribution in [0.15, 0.2) is 23.0 Å². The maximum Gasteiger partial charge on any atom is 0.169 e. The molecule has 3 fully saturated rings. The Morgan fingerprint density at radius 3 is 2.83 bits per heavy atom. The fourth-order valence-corrected chi connectivity index (χ4v) is 5.17. The van der Waals surface area contributed by atoms with Crippen molar-refractivity contribution in [2.24, 2.45) is 11.1 Å². The van der Waals surface area contributed by atoms with Gasteiger partial charge in [-0.3, -0.25) is 0 Å². The number of nitrogens with one attached hydrogen (secondary N) is 1. The number of nitrogens with zero attached hydrogens (tertiary/aromatic N) is 3. The van der Waals surface area contributed by atoms with E-state index in [0.717, 1.165) is 51.0 Å². The Kier molecular flexibility index (Phi) is 4.70. The van der Waals surface area contributed by atoms with E-state index in [4.69, 9.17) is 4.74 Å². The van der Waals surface area contributed by atoms with Gasteiger partial charge in [-0.15, -0.1) is 0 Å². The first-order valence-corrected chi connectivity index (χ1v) is 10.5. The zero-order valence-electron chi connectivity index (χ0n) is 16.6. The Labute approximate surface area is 169 Å². The number of ether oxygens (including phenoxy) is 1. The molecule has 1 aliphatic carbocycles. The summed E-state index contributed by atoms with van der Waals surface area (Å²) in [5.74, 6) is 0.590. The standard InChI is InChI=1S/C21H27FN4O3/c1-29-21-18-15(20(27)13(8-24-28)10-26(18)14-4-5-14)7-16(22)19(21)25-9-12-3-2-6-23-17(12)11-25/h7,10,12,14,17,20,23,27H,2-6,8-9,11H2,1H3. The molecule has 8 heteroatoms. The van der Waals surface area contributed by atoms with E-state index in [1.165, 1.54) is 6.07 Å². The van der Waals surface area contributed by atoms with E-state index in [0.29, 0.717) is 34.5 Å². The summed E-state index contributed by atoms with van der Waals surface area (Å²) in [6.45, 7) is 2.44. The minimum absolute atomic E-state index is 0.114. The number of piperidine rings is 1. The van der Waals surface area contributed by atoms with E-state index in [-0.39, 0.29) is 12.6 Å². The monoisotopic (exact) mass is 402 g/mol. The molecule has 1 aromatic carbocycles. The highest BCUT2D eigenvalue weighted by molar-refractivity contribution is 5.80. The molecule has 29 heavy (non-hydrogen) atoms. The van der Waals surface area contributed by atoms with Gasteiger partial charge in [0.15, 0.2) is 11.6 Å². The van der Waals surface area contributed by atoms with Crippen molar-refractivity contribution in [3.8, 4) is 5.75 Å². The van der Waals surface area contributed by atoms with E-state index >= 15 is 4.39 Å². The van der Waals surface area contributed by atoms with Crippen molar-refractivity contribution in [1.82, 2.24) is 5.32 Å². The molecule has 5 rings (SSSR count). The summed E-state index contributed by atoms with van der Waals surface area (Å²) in [6.07, 6.45) is 5.09. The van der Waals surface area contributed by atoms with Gasteiger partial charge in [0.05, 0.1) is 12.8 Å². The maximum atomic E-state index is 15.4. The van der Waals surface area contributed by atoms with Crippen molar-refractivity contribution in [2.45, 2.75) is 43.9 Å². The van der Waals surface area contributed by atoms with Crippen molar-refractivity contribution >= 4 is 11.4 Å². The number of methoxy groups -OCH3 is 1. The van der Waals surface area contributed by atoms with Crippen molar-refractivity contribution in [2.75, 3.05) is 43.1 Å². The lowest BCUT2D eigenvalue weighted by atomic mass is 9.94. The van der Waals surface area contributed by atoms with Crippen LogP contribution < -0.4 is 19.9 Å². The number of halogens is 1. The van der Waals surface area contributed by atoms with Gasteiger partial charge >= 0.3 is 0 Å². The van der Waals surface area contributed by atoms with Crippen LogP contribution in [0.3, 0.4) is 0 Å². The number of hydrogen-bond acceptors (Lipinski definition) is 7. The molecule has 3 aliphatic heterocycles. The predicted octanol–water partition coefficient (Wildman–Crippen LogP) is 2.69. The molecule has 3 heterocycles. The van der Waals surface area contributed by atoms with Gasteiger partial charge in [0.2, 0.25) is 0 Å². The molecule has 3 atom stereocenters. The second-order valence-electron chi connectivity index (χ2n) is 8.58. The van der Waals surface area contributed by atoms with Crippen molar-refractivity contribution in [3.63, 3.8) is 0 Å². The second-order valence-corrected chi connectivity index (χ2v) is 8.58. The lowest BCUT2D eigenvalue weighted by Gasteiger charge is -2.35. The van der Waals surface area contributed by atoms with Gasteiger partial charge in [0, 0.05) is 42.5 Å². The first-order chi connectivity index (χ1) is 14.1. The quantitative estimate of drug-likeness (QED) is 0.738. The highest BCUT2D eigenvalue weighted by Crippen LogP contribution is 2.52. The van der Waals surface area contributed by atoms with Gasteiger partial charge in [-0.05, 0) is 44.2 Å². The zero-order valence-corrected chi connectivity index (χ0v) is 16.6. The smallest absolute Gasteiger partial charge is 0.169 e. The van der Waals surface area contributed by atoms with Crippen LogP contribution in [-0.4, -0.2) is 50.5 Å². The molecule has 3 unspecified atom stereocenters. The molecule has 0 amide bonds. The Morgan fingerprint density at radius 2 is 2.14 bits per heavy atom. The normalized spacial score (nSPS) is 28.7. The van der Waals surface area contributed by atoms with Crippen LogP contribution in [0, 0.1) is 16.6 Å². The molecular formula is C21H27FN4O3. The third-order valence-electron chi connectivity index (χ3n) is 6.73. The summed E-state index contributed by atoms with van der Waals surface area (Å²) in [5, 5.41) is 17.3. The molecule has 0 spiro atoms. The van der Waals surface area contributed by atoms with Gasteiger partial charge < -0.3 is 25.0 Å². The summed E-state index contributed by atoms with van der Waals surface area (Å²) in [7, 11) is 1.56. The fraction of sp³-hybridized carbons (Fsp3) is 0.619. The third-order valence-corrected chi connectivity index (χ3v) is 6.73. The summed E-state index contributed by atoms with van der Waals surface area (Å²) in [4.78, 5) is 15.0. The predicted molar refractivity (Wildman–Crippen MR) is 109 cm³/mol. The van der Waals surface area contributed by atoms with Crippen LogP contribution in [0.2, 0.25) is 0 Å². The van der Waals surface area contributed by atoms with E-state index in [1.807, 2.05) is 11.1 Å². The molecule has 156 valence electrons. The van der Waals surface area contributed by atoms with Crippen LogP contribution >= 0.6 is 0 Å². The minimum atomic E-state index is -1.06. The SMILES string of the molecule is COc1c(N2CC3CCCNC3C2)c(F)cc2c1N(C1CC1)C=C(CN=O)C2O. The average Bonchev–Trinajstić information content (AvgIpc) is 3.47. The average molecular weight is 402 g/mol. The lowest BCUT2D eigenvalue weighted by molar-refractivity contribution is 0.210. The molecule has 0 aromatic heterocycles. The van der Waals surface area contributed by atoms with Gasteiger partial charge in [0.25, 0.3) is 0 Å². The van der Waals surface area contributed by atoms with E-state index < -0.39 is 11.9 Å². The summed E-state index contributed by atoms with van der Waals surface area (Å²) in [6, 6.07) is 2.07. The van der Waals surface area contributed by atoms with Crippen molar-refractivity contribution in [1.29, 1.82) is 0 Å².